The second-order valence-electron chi connectivity index (χ2n) is 10.6. The van der Waals surface area contributed by atoms with Crippen molar-refractivity contribution in [3.05, 3.63) is 45.7 Å². The van der Waals surface area contributed by atoms with E-state index in [2.05, 4.69) is 20.5 Å². The van der Waals surface area contributed by atoms with Crippen LogP contribution in [0.25, 0.3) is 0 Å². The van der Waals surface area contributed by atoms with E-state index in [1.807, 2.05) is 13.2 Å². The largest absolute Gasteiger partial charge is 0.419 e. The summed E-state index contributed by atoms with van der Waals surface area (Å²) in [6.45, 7) is 3.28. The van der Waals surface area contributed by atoms with E-state index in [-0.39, 0.29) is 29.2 Å². The first-order valence-electron chi connectivity index (χ1n) is 13.1. The Labute approximate surface area is 223 Å². The van der Waals surface area contributed by atoms with E-state index in [1.54, 1.807) is 16.2 Å². The van der Waals surface area contributed by atoms with Gasteiger partial charge in [0.1, 0.15) is 10.8 Å². The number of aliphatic hydroxyl groups is 1. The van der Waals surface area contributed by atoms with Gasteiger partial charge in [0.05, 0.1) is 11.7 Å². The van der Waals surface area contributed by atoms with Gasteiger partial charge in [-0.3, -0.25) is 0 Å². The molecule has 3 aliphatic rings. The number of fused-ring (bicyclic) bond motifs is 1. The predicted molar refractivity (Wildman–Crippen MR) is 136 cm³/mol. The lowest BCUT2D eigenvalue weighted by molar-refractivity contribution is -0.139. The summed E-state index contributed by atoms with van der Waals surface area (Å²) in [6.07, 6.45) is 0.858. The van der Waals surface area contributed by atoms with E-state index in [1.165, 1.54) is 4.88 Å². The molecular weight excluding hydrogens is 522 g/mol. The average Bonchev–Trinajstić information content (AvgIpc) is 3.18. The smallest absolute Gasteiger partial charge is 0.392 e. The highest BCUT2D eigenvalue weighted by atomic mass is 32.1. The normalized spacial score (nSPS) is 26.9. The lowest BCUT2D eigenvalue weighted by Crippen LogP contribution is -2.44. The second kappa shape index (κ2) is 10.7. The highest BCUT2D eigenvalue weighted by Crippen LogP contribution is 2.66. The molecule has 1 aromatic heterocycles. The Bertz CT molecular complexity index is 1160. The SMILES string of the molecule is CNCc1ncc([C@]23CC[C@@H](N(CCCN4CCC(O)C4)C(=O)Nc4ccc(F)c(C(F)(F)F)c4)[C@H]2C3)s1. The van der Waals surface area contributed by atoms with Gasteiger partial charge in [-0.2, -0.15) is 13.2 Å². The van der Waals surface area contributed by atoms with Crippen molar-refractivity contribution in [3.63, 3.8) is 0 Å². The highest BCUT2D eigenvalue weighted by molar-refractivity contribution is 7.11. The van der Waals surface area contributed by atoms with Crippen LogP contribution in [0, 0.1) is 11.7 Å². The van der Waals surface area contributed by atoms with Gasteiger partial charge in [0.25, 0.3) is 0 Å². The van der Waals surface area contributed by atoms with Crippen molar-refractivity contribution in [1.82, 2.24) is 20.1 Å². The average molecular weight is 556 g/mol. The van der Waals surface area contributed by atoms with Crippen molar-refractivity contribution >= 4 is 23.1 Å². The van der Waals surface area contributed by atoms with E-state index in [9.17, 15) is 27.5 Å². The minimum Gasteiger partial charge on any atom is -0.392 e. The molecule has 2 amide bonds. The number of aliphatic hydroxyl groups excluding tert-OH is 1. The maximum atomic E-state index is 13.8. The monoisotopic (exact) mass is 555 g/mol. The molecule has 3 fully saturated rings. The summed E-state index contributed by atoms with van der Waals surface area (Å²) >= 11 is 1.69. The topological polar surface area (TPSA) is 80.7 Å². The van der Waals surface area contributed by atoms with Crippen molar-refractivity contribution in [2.24, 2.45) is 5.92 Å². The van der Waals surface area contributed by atoms with Gasteiger partial charge in [0.15, 0.2) is 0 Å². The number of carbonyl (C=O) groups excluding carboxylic acids is 1. The summed E-state index contributed by atoms with van der Waals surface area (Å²) in [5, 5.41) is 16.6. The summed E-state index contributed by atoms with van der Waals surface area (Å²) in [6, 6.07) is 2.02. The van der Waals surface area contributed by atoms with Crippen molar-refractivity contribution in [2.45, 2.75) is 62.4 Å². The number of hydrogen-bond acceptors (Lipinski definition) is 6. The molecule has 0 radical (unpaired) electrons. The Morgan fingerprint density at radius 3 is 2.84 bits per heavy atom. The number of rotatable bonds is 9. The molecule has 2 aromatic rings. The number of β-amino-alcohol motifs (C(OH)–C–C–N with tert-alkyl or cyclic N) is 1. The van der Waals surface area contributed by atoms with Crippen molar-refractivity contribution in [2.75, 3.05) is 38.5 Å². The van der Waals surface area contributed by atoms with Crippen LogP contribution >= 0.6 is 11.3 Å². The van der Waals surface area contributed by atoms with Gasteiger partial charge in [0, 0.05) is 54.4 Å². The number of nitrogens with one attached hydrogen (secondary N) is 2. The number of likely N-dealkylation sites (tertiary alicyclic amines) is 1. The van der Waals surface area contributed by atoms with Crippen LogP contribution in [0.4, 0.5) is 28.0 Å². The molecular formula is C26H33F4N5O2S. The molecule has 1 aromatic carbocycles. The third-order valence-electron chi connectivity index (χ3n) is 8.16. The summed E-state index contributed by atoms with van der Waals surface area (Å²) in [5.41, 5.74) is -1.49. The van der Waals surface area contributed by atoms with Crippen LogP contribution in [0.5, 0.6) is 0 Å². The van der Waals surface area contributed by atoms with E-state index in [0.29, 0.717) is 32.1 Å². The first-order valence-corrected chi connectivity index (χ1v) is 13.9. The van der Waals surface area contributed by atoms with E-state index < -0.39 is 23.6 Å². The van der Waals surface area contributed by atoms with Gasteiger partial charge in [-0.1, -0.05) is 0 Å². The minimum atomic E-state index is -4.86. The molecule has 2 saturated carbocycles. The van der Waals surface area contributed by atoms with Crippen molar-refractivity contribution < 1.29 is 27.5 Å². The van der Waals surface area contributed by atoms with Crippen LogP contribution in [0.2, 0.25) is 0 Å². The Kier molecular flexibility index (Phi) is 7.69. The fourth-order valence-corrected chi connectivity index (χ4v) is 7.42. The van der Waals surface area contributed by atoms with E-state index in [4.69, 9.17) is 0 Å². The number of halogens is 4. The summed E-state index contributed by atoms with van der Waals surface area (Å²) in [5.74, 6) is -1.11. The zero-order valence-electron chi connectivity index (χ0n) is 21.2. The van der Waals surface area contributed by atoms with Gasteiger partial charge < -0.3 is 25.5 Å². The first kappa shape index (κ1) is 27.3. The molecule has 208 valence electrons. The maximum absolute atomic E-state index is 13.8. The van der Waals surface area contributed by atoms with E-state index in [0.717, 1.165) is 55.9 Å². The third kappa shape index (κ3) is 5.54. The van der Waals surface area contributed by atoms with Gasteiger partial charge in [-0.15, -0.1) is 11.3 Å². The Morgan fingerprint density at radius 2 is 2.16 bits per heavy atom. The number of urea groups is 1. The number of aromatic nitrogens is 1. The Balaban J connectivity index is 1.31. The molecule has 2 heterocycles. The van der Waals surface area contributed by atoms with Gasteiger partial charge in [-0.05, 0) is 69.8 Å². The zero-order valence-corrected chi connectivity index (χ0v) is 22.0. The molecule has 1 unspecified atom stereocenters. The standard InChI is InChI=1S/C26H33F4N5O2S/c1-31-14-23-32-13-22(38-23)25-7-5-21(19(25)12-25)35(9-2-8-34-10-6-17(36)15-34)24(37)33-16-3-4-20(27)18(11-16)26(28,29)30/h3-4,11,13,17,19,21,31,36H,2,5-10,12,14-15H2,1H3,(H,33,37)/t17?,19-,21-,25+/m1/s1. The summed E-state index contributed by atoms with van der Waals surface area (Å²) in [7, 11) is 1.88. The number of nitrogens with zero attached hydrogens (tertiary/aromatic N) is 3. The number of carbonyl (C=O) groups is 1. The maximum Gasteiger partial charge on any atom is 0.419 e. The molecule has 0 bridgehead atoms. The van der Waals surface area contributed by atoms with Crippen LogP contribution in [0.1, 0.15) is 47.6 Å². The van der Waals surface area contributed by atoms with Crippen LogP contribution < -0.4 is 10.6 Å². The minimum absolute atomic E-state index is 0.00520. The number of alkyl halides is 3. The number of benzene rings is 1. The molecule has 2 aliphatic carbocycles. The fourth-order valence-electron chi connectivity index (χ4n) is 6.20. The summed E-state index contributed by atoms with van der Waals surface area (Å²) in [4.78, 5) is 23.2. The lowest BCUT2D eigenvalue weighted by Gasteiger charge is -2.31. The number of amides is 2. The van der Waals surface area contributed by atoms with Crippen LogP contribution in [-0.2, 0) is 18.1 Å². The second-order valence-corrected chi connectivity index (χ2v) is 11.7. The first-order chi connectivity index (χ1) is 18.1. The quantitative estimate of drug-likeness (QED) is 0.399. The van der Waals surface area contributed by atoms with Gasteiger partial charge >= 0.3 is 12.2 Å². The number of hydrogen-bond donors (Lipinski definition) is 3. The Hall–Kier alpha value is -2.28. The van der Waals surface area contributed by atoms with Crippen LogP contribution in [0.3, 0.4) is 0 Å². The molecule has 38 heavy (non-hydrogen) atoms. The molecule has 5 rings (SSSR count). The summed E-state index contributed by atoms with van der Waals surface area (Å²) < 4.78 is 53.5. The van der Waals surface area contributed by atoms with Crippen LogP contribution in [-0.4, -0.2) is 71.3 Å². The van der Waals surface area contributed by atoms with Crippen LogP contribution in [0.15, 0.2) is 24.4 Å². The number of anilines is 1. The molecule has 7 nitrogen and oxygen atoms in total. The van der Waals surface area contributed by atoms with Crippen molar-refractivity contribution in [1.29, 1.82) is 0 Å². The van der Waals surface area contributed by atoms with E-state index >= 15 is 0 Å². The molecule has 1 saturated heterocycles. The third-order valence-corrected chi connectivity index (χ3v) is 9.38. The lowest BCUT2D eigenvalue weighted by atomic mass is 10.0. The molecule has 1 aliphatic heterocycles. The van der Waals surface area contributed by atoms with Gasteiger partial charge in [-0.25, -0.2) is 14.2 Å². The Morgan fingerprint density at radius 1 is 1.34 bits per heavy atom. The fraction of sp³-hybridized carbons (Fsp3) is 0.615. The highest BCUT2D eigenvalue weighted by Gasteiger charge is 2.64. The number of thiazole rings is 1. The molecule has 0 spiro atoms. The predicted octanol–water partition coefficient (Wildman–Crippen LogP) is 4.43. The van der Waals surface area contributed by atoms with Crippen molar-refractivity contribution in [3.8, 4) is 0 Å². The molecule has 3 N–H and O–H groups in total. The molecule has 12 heteroatoms. The molecule has 4 atom stereocenters. The zero-order chi connectivity index (χ0) is 27.1. The van der Waals surface area contributed by atoms with Gasteiger partial charge in [0.2, 0.25) is 0 Å².